The van der Waals surface area contributed by atoms with E-state index in [0.717, 1.165) is 5.56 Å². The van der Waals surface area contributed by atoms with Crippen LogP contribution in [0.2, 0.25) is 0 Å². The van der Waals surface area contributed by atoms with Gasteiger partial charge in [0.1, 0.15) is 36.3 Å². The predicted molar refractivity (Wildman–Crippen MR) is 217 cm³/mol. The van der Waals surface area contributed by atoms with E-state index in [0.29, 0.717) is 6.42 Å². The minimum atomic E-state index is -1.69. The fraction of sp³-hybridized carbons (Fsp3) is 0.605. The molecular formula is C38H61N11O11. The van der Waals surface area contributed by atoms with Crippen molar-refractivity contribution in [3.05, 3.63) is 35.9 Å². The first kappa shape index (κ1) is 50.3. The average Bonchev–Trinajstić information content (AvgIpc) is 3.68. The maximum Gasteiger partial charge on any atom is 0.326 e. The number of hydrogen-bond donors (Lipinski definition) is 12. The smallest absolute Gasteiger partial charge is 0.326 e. The number of carbonyl (C=O) groups is 8. The zero-order chi connectivity index (χ0) is 45.1. The number of carboxylic acid groups (broad SMARTS) is 1. The Bertz CT molecular complexity index is 1670. The third-order valence-electron chi connectivity index (χ3n) is 9.55. The van der Waals surface area contributed by atoms with Crippen molar-refractivity contribution in [2.45, 2.75) is 121 Å². The number of aliphatic carboxylic acids is 1. The lowest BCUT2D eigenvalue weighted by atomic mass is 10.0. The van der Waals surface area contributed by atoms with Crippen LogP contribution in [0.3, 0.4) is 0 Å². The zero-order valence-corrected chi connectivity index (χ0v) is 34.2. The number of carboxylic acids is 1. The summed E-state index contributed by atoms with van der Waals surface area (Å²) in [6, 6.07) is -0.762. The fourth-order valence-corrected chi connectivity index (χ4v) is 6.41. The van der Waals surface area contributed by atoms with Gasteiger partial charge in [-0.1, -0.05) is 44.2 Å². The van der Waals surface area contributed by atoms with Crippen LogP contribution in [0.25, 0.3) is 0 Å². The van der Waals surface area contributed by atoms with Crippen LogP contribution >= 0.6 is 0 Å². The van der Waals surface area contributed by atoms with Gasteiger partial charge in [-0.3, -0.25) is 38.6 Å². The van der Waals surface area contributed by atoms with Crippen LogP contribution in [-0.4, -0.2) is 142 Å². The Labute approximate surface area is 348 Å². The molecular weight excluding hydrogens is 786 g/mol. The Morgan fingerprint density at radius 1 is 0.817 bits per heavy atom. The molecule has 1 fully saturated rings. The van der Waals surface area contributed by atoms with Gasteiger partial charge >= 0.3 is 5.97 Å². The van der Waals surface area contributed by atoms with Crippen LogP contribution in [0.4, 0.5) is 0 Å². The highest BCUT2D eigenvalue weighted by atomic mass is 16.4. The molecule has 1 aromatic rings. The average molecular weight is 848 g/mol. The Morgan fingerprint density at radius 2 is 1.43 bits per heavy atom. The summed E-state index contributed by atoms with van der Waals surface area (Å²) >= 11 is 0. The third-order valence-corrected chi connectivity index (χ3v) is 9.55. The minimum Gasteiger partial charge on any atom is -0.480 e. The number of likely N-dealkylation sites (tertiary alicyclic amines) is 1. The van der Waals surface area contributed by atoms with Crippen molar-refractivity contribution < 1.29 is 53.7 Å². The first-order valence-corrected chi connectivity index (χ1v) is 19.7. The molecule has 0 aliphatic carbocycles. The number of nitrogens with one attached hydrogen (secondary N) is 5. The molecule has 16 N–H and O–H groups in total. The van der Waals surface area contributed by atoms with Crippen LogP contribution < -0.4 is 49.5 Å². The van der Waals surface area contributed by atoms with E-state index in [-0.39, 0.29) is 63.5 Å². The van der Waals surface area contributed by atoms with Gasteiger partial charge < -0.3 is 69.7 Å². The summed E-state index contributed by atoms with van der Waals surface area (Å²) in [5.74, 6) is -7.70. The first-order valence-electron chi connectivity index (χ1n) is 19.7. The molecule has 0 unspecified atom stereocenters. The van der Waals surface area contributed by atoms with Gasteiger partial charge in [-0.25, -0.2) is 4.79 Å². The molecule has 1 aromatic carbocycles. The van der Waals surface area contributed by atoms with Crippen molar-refractivity contribution in [2.75, 3.05) is 19.7 Å². The molecule has 1 aliphatic rings. The van der Waals surface area contributed by atoms with Gasteiger partial charge in [0.2, 0.25) is 41.4 Å². The monoisotopic (exact) mass is 847 g/mol. The molecule has 7 amide bonds. The Kier molecular flexibility index (Phi) is 20.9. The maximum absolute atomic E-state index is 13.9. The van der Waals surface area contributed by atoms with Crippen LogP contribution in [0.5, 0.6) is 0 Å². The van der Waals surface area contributed by atoms with Gasteiger partial charge in [0.05, 0.1) is 18.8 Å². The van der Waals surface area contributed by atoms with E-state index in [2.05, 4.69) is 31.6 Å². The fourth-order valence-electron chi connectivity index (χ4n) is 6.41. The SMILES string of the molecule is CC(C)C[C@H](NC(=O)[C@H](CO)NC(=O)[C@H](CCC(N)=O)NC(=O)[C@@H](NC(=O)[C@@H](N)Cc1ccccc1)[C@@H](C)O)C(=O)N1CCC[C@H]1C(=O)N[C@@H](CCCN=C(N)N)C(=O)O. The molecule has 0 saturated carbocycles. The predicted octanol–water partition coefficient (Wildman–Crippen LogP) is -4.21. The van der Waals surface area contributed by atoms with Crippen molar-refractivity contribution >= 4 is 53.3 Å². The molecule has 0 aromatic heterocycles. The van der Waals surface area contributed by atoms with Crippen LogP contribution in [0.15, 0.2) is 35.3 Å². The highest BCUT2D eigenvalue weighted by Crippen LogP contribution is 2.21. The van der Waals surface area contributed by atoms with Crippen molar-refractivity contribution in [2.24, 2.45) is 33.8 Å². The number of benzene rings is 1. The lowest BCUT2D eigenvalue weighted by molar-refractivity contribution is -0.145. The van der Waals surface area contributed by atoms with Gasteiger partial charge in [-0.2, -0.15) is 0 Å². The lowest BCUT2D eigenvalue weighted by Gasteiger charge is -2.31. The number of aliphatic imine (C=N–C) groups is 1. The normalized spacial score (nSPS) is 17.1. The molecule has 2 rings (SSSR count). The standard InChI is InChI=1S/C38H61N11O11/c1-20(2)17-26(36(58)49-16-8-12-28(49)34(56)45-25(37(59)60)11-7-15-43-38(41)42)46-33(55)27(19-50)47-32(54)24(13-14-29(40)52)44-35(57)30(21(3)51)48-31(53)23(39)18-22-9-5-4-6-10-22/h4-6,9-10,20-21,23-28,30,50-51H,7-8,11-19,39H2,1-3H3,(H2,40,52)(H,44,57)(H,45,56)(H,46,55)(H,47,54)(H,48,53)(H,59,60)(H4,41,42,43)/t21-,23+,24+,25+,26+,27+,28+,30+/m1/s1. The van der Waals surface area contributed by atoms with E-state index in [1.807, 2.05) is 0 Å². The number of rotatable bonds is 25. The summed E-state index contributed by atoms with van der Waals surface area (Å²) in [4.78, 5) is 109. The first-order chi connectivity index (χ1) is 28.2. The van der Waals surface area contributed by atoms with E-state index < -0.39 is 109 Å². The summed E-state index contributed by atoms with van der Waals surface area (Å²) in [5, 5.41) is 42.3. The summed E-state index contributed by atoms with van der Waals surface area (Å²) in [6.07, 6.45) is -1.21. The molecule has 22 heteroatoms. The molecule has 0 bridgehead atoms. The molecule has 60 heavy (non-hydrogen) atoms. The van der Waals surface area contributed by atoms with Gasteiger partial charge in [-0.15, -0.1) is 0 Å². The number of guanidine groups is 1. The lowest BCUT2D eigenvalue weighted by Crippen LogP contribution is -2.61. The zero-order valence-electron chi connectivity index (χ0n) is 34.2. The van der Waals surface area contributed by atoms with Crippen LogP contribution in [0, 0.1) is 5.92 Å². The highest BCUT2D eigenvalue weighted by Gasteiger charge is 2.40. The highest BCUT2D eigenvalue weighted by molar-refractivity contribution is 5.97. The molecule has 1 heterocycles. The number of hydrogen-bond acceptors (Lipinski definition) is 12. The number of carbonyl (C=O) groups excluding carboxylic acids is 7. The molecule has 22 nitrogen and oxygen atoms in total. The second-order valence-corrected chi connectivity index (χ2v) is 15.1. The molecule has 334 valence electrons. The summed E-state index contributed by atoms with van der Waals surface area (Å²) < 4.78 is 0. The second-order valence-electron chi connectivity index (χ2n) is 15.1. The van der Waals surface area contributed by atoms with E-state index in [4.69, 9.17) is 22.9 Å². The van der Waals surface area contributed by atoms with Gasteiger partial charge in [0.15, 0.2) is 5.96 Å². The number of amides is 7. The molecule has 1 saturated heterocycles. The van der Waals surface area contributed by atoms with Crippen molar-refractivity contribution in [1.82, 2.24) is 31.5 Å². The Balaban J connectivity index is 2.19. The van der Waals surface area contributed by atoms with Gasteiger partial charge in [0.25, 0.3) is 0 Å². The topological polar surface area (TPSA) is 377 Å². The number of primary amides is 1. The molecule has 8 atom stereocenters. The molecule has 1 aliphatic heterocycles. The minimum absolute atomic E-state index is 0.00743. The van der Waals surface area contributed by atoms with E-state index in [1.54, 1.807) is 44.2 Å². The summed E-state index contributed by atoms with van der Waals surface area (Å²) in [5.41, 5.74) is 22.7. The van der Waals surface area contributed by atoms with Crippen molar-refractivity contribution in [1.29, 1.82) is 0 Å². The summed E-state index contributed by atoms with van der Waals surface area (Å²) in [6.45, 7) is 4.05. The second kappa shape index (κ2) is 24.9. The third kappa shape index (κ3) is 16.8. The van der Waals surface area contributed by atoms with Crippen molar-refractivity contribution in [3.8, 4) is 0 Å². The quantitative estimate of drug-likeness (QED) is 0.0252. The van der Waals surface area contributed by atoms with Crippen LogP contribution in [-0.2, 0) is 44.8 Å². The molecule has 0 radical (unpaired) electrons. The maximum atomic E-state index is 13.9. The number of aliphatic hydroxyl groups excluding tert-OH is 2. The number of aliphatic hydroxyl groups is 2. The van der Waals surface area contributed by atoms with E-state index >= 15 is 0 Å². The van der Waals surface area contributed by atoms with Crippen molar-refractivity contribution in [3.63, 3.8) is 0 Å². The number of nitrogens with zero attached hydrogens (tertiary/aromatic N) is 2. The van der Waals surface area contributed by atoms with Crippen LogP contribution in [0.1, 0.15) is 71.3 Å². The van der Waals surface area contributed by atoms with Gasteiger partial charge in [-0.05, 0) is 63.4 Å². The Hall–Kier alpha value is -5.87. The van der Waals surface area contributed by atoms with E-state index in [9.17, 15) is 53.7 Å². The molecule has 0 spiro atoms. The van der Waals surface area contributed by atoms with E-state index in [1.165, 1.54) is 11.8 Å². The summed E-state index contributed by atoms with van der Waals surface area (Å²) in [7, 11) is 0. The largest absolute Gasteiger partial charge is 0.480 e. The van der Waals surface area contributed by atoms with Gasteiger partial charge in [0, 0.05) is 19.5 Å². The Morgan fingerprint density at radius 3 is 2.00 bits per heavy atom. The number of nitrogens with two attached hydrogens (primary N) is 4.